The normalized spacial score (nSPS) is 27.5. The van der Waals surface area contributed by atoms with Gasteiger partial charge in [0.15, 0.2) is 0 Å². The fourth-order valence-electron chi connectivity index (χ4n) is 7.30. The zero-order valence-corrected chi connectivity index (χ0v) is 23.7. The molecule has 0 spiro atoms. The predicted molar refractivity (Wildman–Crippen MR) is 145 cm³/mol. The number of anilines is 1. The maximum Gasteiger partial charge on any atom is 0.200 e. The van der Waals surface area contributed by atoms with Gasteiger partial charge in [-0.2, -0.15) is 0 Å². The highest BCUT2D eigenvalue weighted by Gasteiger charge is 2.64. The Kier molecular flexibility index (Phi) is 8.43. The van der Waals surface area contributed by atoms with Gasteiger partial charge in [0.2, 0.25) is 8.32 Å². The topological polar surface area (TPSA) is 21.7 Å². The Morgan fingerprint density at radius 1 is 1.06 bits per heavy atom. The maximum absolute atomic E-state index is 7.44. The zero-order chi connectivity index (χ0) is 24.4. The van der Waals surface area contributed by atoms with Gasteiger partial charge < -0.3 is 14.1 Å². The van der Waals surface area contributed by atoms with E-state index in [2.05, 4.69) is 96.8 Å². The third kappa shape index (κ3) is 4.93. The van der Waals surface area contributed by atoms with Crippen LogP contribution < -0.4 is 9.64 Å². The Bertz CT molecular complexity index is 766. The number of nitrogens with zero attached hydrogens (tertiary/aromatic N) is 1. The molecule has 1 aromatic rings. The number of fused-ring (bicyclic) bond motifs is 1. The summed E-state index contributed by atoms with van der Waals surface area (Å²) >= 11 is 0. The van der Waals surface area contributed by atoms with Gasteiger partial charge in [-0.1, -0.05) is 53.7 Å². The molecule has 2 aliphatic carbocycles. The third-order valence-corrected chi connectivity index (χ3v) is 15.2. The quantitative estimate of drug-likeness (QED) is 0.240. The van der Waals surface area contributed by atoms with Crippen LogP contribution in [0.2, 0.25) is 16.6 Å². The number of allylic oxidation sites excluding steroid dienone is 2. The molecule has 33 heavy (non-hydrogen) atoms. The summed E-state index contributed by atoms with van der Waals surface area (Å²) in [5.74, 6) is 2.31. The molecule has 2 unspecified atom stereocenters. The van der Waals surface area contributed by atoms with Gasteiger partial charge in [0, 0.05) is 24.4 Å². The van der Waals surface area contributed by atoms with E-state index in [-0.39, 0.29) is 0 Å². The Morgan fingerprint density at radius 3 is 2.18 bits per heavy atom. The highest BCUT2D eigenvalue weighted by molar-refractivity contribution is 6.77. The molecule has 2 saturated carbocycles. The Hall–Kier alpha value is -1.26. The molecule has 3 rings (SSSR count). The zero-order valence-electron chi connectivity index (χ0n) is 22.7. The number of hydrogen-bond donors (Lipinski definition) is 0. The van der Waals surface area contributed by atoms with Crippen molar-refractivity contribution in [3.8, 4) is 5.75 Å². The lowest BCUT2D eigenvalue weighted by Crippen LogP contribution is -2.54. The van der Waals surface area contributed by atoms with Gasteiger partial charge in [0.1, 0.15) is 5.75 Å². The average Bonchev–Trinajstić information content (AvgIpc) is 3.53. The molecule has 0 bridgehead atoms. The number of benzene rings is 1. The SMILES string of the molecule is C/C=C/CC[C@H]1C2CC2(N(C)c2ccc(OC)cc2)CC[C@H]1O[Si](C(C)C)(C(C)C)C(C)C. The van der Waals surface area contributed by atoms with Crippen molar-refractivity contribution in [2.24, 2.45) is 11.8 Å². The number of hydrogen-bond acceptors (Lipinski definition) is 3. The lowest BCUT2D eigenvalue weighted by atomic mass is 9.80. The molecule has 0 aliphatic heterocycles. The summed E-state index contributed by atoms with van der Waals surface area (Å²) in [4.78, 5) is 2.58. The van der Waals surface area contributed by atoms with Crippen LogP contribution in [0.4, 0.5) is 5.69 Å². The van der Waals surface area contributed by atoms with E-state index in [0.29, 0.717) is 34.2 Å². The fraction of sp³-hybridized carbons (Fsp3) is 0.724. The van der Waals surface area contributed by atoms with Crippen molar-refractivity contribution < 1.29 is 9.16 Å². The second-order valence-electron chi connectivity index (χ2n) is 11.5. The summed E-state index contributed by atoms with van der Waals surface area (Å²) < 4.78 is 12.8. The summed E-state index contributed by atoms with van der Waals surface area (Å²) in [6, 6.07) is 8.61. The van der Waals surface area contributed by atoms with E-state index in [1.54, 1.807) is 7.11 Å². The van der Waals surface area contributed by atoms with Crippen molar-refractivity contribution in [2.75, 3.05) is 19.1 Å². The van der Waals surface area contributed by atoms with Crippen LogP contribution in [-0.2, 0) is 4.43 Å². The van der Waals surface area contributed by atoms with Crippen molar-refractivity contribution in [1.82, 2.24) is 0 Å². The van der Waals surface area contributed by atoms with E-state index in [1.807, 2.05) is 0 Å². The minimum atomic E-state index is -1.89. The first kappa shape index (κ1) is 26.3. The molecular weight excluding hydrogens is 422 g/mol. The molecule has 2 aliphatic rings. The van der Waals surface area contributed by atoms with Crippen LogP contribution in [0.3, 0.4) is 0 Å². The van der Waals surface area contributed by atoms with Crippen LogP contribution in [0.15, 0.2) is 36.4 Å². The van der Waals surface area contributed by atoms with Gasteiger partial charge in [0.25, 0.3) is 0 Å². The smallest absolute Gasteiger partial charge is 0.200 e. The van der Waals surface area contributed by atoms with Crippen molar-refractivity contribution in [3.63, 3.8) is 0 Å². The highest BCUT2D eigenvalue weighted by atomic mass is 28.4. The standard InChI is InChI=1S/C29H49NO2Si/c1-10-11-12-13-26-27-20-29(27,30(8)24-14-16-25(31-9)17-15-24)19-18-28(26)32-33(21(2)3,22(4)5)23(6)7/h10-11,14-17,21-23,26-28H,12-13,18-20H2,1-9H3/b11-10+/t26-,27?,28+,29?/m0/s1. The van der Waals surface area contributed by atoms with Crippen molar-refractivity contribution in [1.29, 1.82) is 0 Å². The first-order valence-electron chi connectivity index (χ1n) is 13.3. The van der Waals surface area contributed by atoms with Crippen LogP contribution in [0, 0.1) is 11.8 Å². The van der Waals surface area contributed by atoms with Gasteiger partial charge in [-0.05, 0) is 91.8 Å². The number of methoxy groups -OCH3 is 1. The molecule has 1 aromatic carbocycles. The van der Waals surface area contributed by atoms with Crippen LogP contribution >= 0.6 is 0 Å². The molecular formula is C29H49NO2Si. The van der Waals surface area contributed by atoms with Gasteiger partial charge in [-0.3, -0.25) is 0 Å². The second-order valence-corrected chi connectivity index (χ2v) is 16.9. The van der Waals surface area contributed by atoms with Crippen molar-refractivity contribution >= 4 is 14.0 Å². The average molecular weight is 472 g/mol. The molecule has 186 valence electrons. The van der Waals surface area contributed by atoms with Gasteiger partial charge in [-0.15, -0.1) is 0 Å². The first-order chi connectivity index (χ1) is 15.6. The maximum atomic E-state index is 7.44. The summed E-state index contributed by atoms with van der Waals surface area (Å²) in [5.41, 5.74) is 3.53. The van der Waals surface area contributed by atoms with Crippen LogP contribution in [0.1, 0.15) is 80.6 Å². The fourth-order valence-corrected chi connectivity index (χ4v) is 12.9. The Balaban J connectivity index is 1.85. The van der Waals surface area contributed by atoms with Gasteiger partial charge >= 0.3 is 0 Å². The Morgan fingerprint density at radius 2 is 1.67 bits per heavy atom. The summed E-state index contributed by atoms with van der Waals surface area (Å²) in [7, 11) is 2.16. The first-order valence-corrected chi connectivity index (χ1v) is 15.4. The monoisotopic (exact) mass is 471 g/mol. The van der Waals surface area contributed by atoms with Gasteiger partial charge in [-0.25, -0.2) is 0 Å². The van der Waals surface area contributed by atoms with E-state index < -0.39 is 8.32 Å². The molecule has 0 saturated heterocycles. The highest BCUT2D eigenvalue weighted by Crippen LogP contribution is 2.62. The summed E-state index contributed by atoms with van der Waals surface area (Å²) in [6.45, 7) is 16.7. The largest absolute Gasteiger partial charge is 0.497 e. The van der Waals surface area contributed by atoms with E-state index >= 15 is 0 Å². The molecule has 0 radical (unpaired) electrons. The predicted octanol–water partition coefficient (Wildman–Crippen LogP) is 8.22. The molecule has 4 heteroatoms. The molecule has 0 heterocycles. The Labute approximate surface area is 205 Å². The van der Waals surface area contributed by atoms with Gasteiger partial charge in [0.05, 0.1) is 7.11 Å². The van der Waals surface area contributed by atoms with Crippen LogP contribution in [0.25, 0.3) is 0 Å². The molecule has 4 atom stereocenters. The van der Waals surface area contributed by atoms with E-state index in [9.17, 15) is 0 Å². The molecule has 0 aromatic heterocycles. The molecule has 0 N–H and O–H groups in total. The molecule has 3 nitrogen and oxygen atoms in total. The van der Waals surface area contributed by atoms with Crippen molar-refractivity contribution in [3.05, 3.63) is 36.4 Å². The number of rotatable bonds is 11. The lowest BCUT2D eigenvalue weighted by molar-refractivity contribution is 0.0583. The minimum Gasteiger partial charge on any atom is -0.497 e. The van der Waals surface area contributed by atoms with Crippen LogP contribution in [-0.4, -0.2) is 34.1 Å². The molecule has 0 amide bonds. The summed E-state index contributed by atoms with van der Waals surface area (Å²) in [6.07, 6.45) is 11.1. The summed E-state index contributed by atoms with van der Waals surface area (Å²) in [5, 5.41) is 0. The minimum absolute atomic E-state index is 0.298. The number of ether oxygens (including phenoxy) is 1. The van der Waals surface area contributed by atoms with E-state index in [1.165, 1.54) is 37.8 Å². The molecule has 2 fully saturated rings. The van der Waals surface area contributed by atoms with E-state index in [4.69, 9.17) is 9.16 Å². The van der Waals surface area contributed by atoms with E-state index in [0.717, 1.165) is 11.7 Å². The third-order valence-electron chi connectivity index (χ3n) is 9.05. The lowest BCUT2D eigenvalue weighted by Gasteiger charge is -2.49. The second kappa shape index (κ2) is 10.6. The van der Waals surface area contributed by atoms with Crippen LogP contribution in [0.5, 0.6) is 5.75 Å². The van der Waals surface area contributed by atoms with Crippen molar-refractivity contribution in [2.45, 2.75) is 109 Å².